The molecule has 4 rings (SSSR count). The van der Waals surface area contributed by atoms with Gasteiger partial charge in [0.05, 0.1) is 6.61 Å². The number of hydrogen-bond donors (Lipinski definition) is 4. The minimum Gasteiger partial charge on any atom is -0.394 e. The van der Waals surface area contributed by atoms with E-state index in [-0.39, 0.29) is 0 Å². The standard InChI is InChI=1S/C22H26O5/c23-12-18-19(24)20(25)21(26)22(27-18)17-7-3-4-13(9-17)8-14-10-15-5-1-2-6-16(15)11-14/h1-7,9,14,18-26H,8,10-12H2/t18-,19-,20+,21-,22+/m1/s1. The number of aliphatic hydroxyl groups excluding tert-OH is 4. The van der Waals surface area contributed by atoms with E-state index in [0.717, 1.165) is 30.4 Å². The first kappa shape index (κ1) is 18.6. The Bertz CT molecular complexity index is 765. The molecule has 0 amide bonds. The molecule has 5 heteroatoms. The monoisotopic (exact) mass is 370 g/mol. The topological polar surface area (TPSA) is 90.2 Å². The Morgan fingerprint density at radius 1 is 0.852 bits per heavy atom. The maximum absolute atomic E-state index is 10.4. The van der Waals surface area contributed by atoms with E-state index in [1.54, 1.807) is 0 Å². The van der Waals surface area contributed by atoms with Gasteiger partial charge in [0.1, 0.15) is 30.5 Å². The molecule has 27 heavy (non-hydrogen) atoms. The van der Waals surface area contributed by atoms with E-state index in [1.165, 1.54) is 11.1 Å². The smallest absolute Gasteiger partial charge is 0.113 e. The third-order valence-electron chi connectivity index (χ3n) is 5.83. The summed E-state index contributed by atoms with van der Waals surface area (Å²) in [7, 11) is 0. The van der Waals surface area contributed by atoms with Crippen molar-refractivity contribution in [1.29, 1.82) is 0 Å². The highest BCUT2D eigenvalue weighted by molar-refractivity contribution is 5.34. The van der Waals surface area contributed by atoms with Crippen LogP contribution in [0.2, 0.25) is 0 Å². The maximum Gasteiger partial charge on any atom is 0.113 e. The zero-order valence-corrected chi connectivity index (χ0v) is 15.1. The van der Waals surface area contributed by atoms with Gasteiger partial charge in [-0.2, -0.15) is 0 Å². The molecule has 0 aromatic heterocycles. The van der Waals surface area contributed by atoms with Crippen LogP contribution in [0.4, 0.5) is 0 Å². The molecule has 1 aliphatic heterocycles. The second kappa shape index (κ2) is 7.70. The van der Waals surface area contributed by atoms with Gasteiger partial charge in [-0.1, -0.05) is 48.5 Å². The minimum atomic E-state index is -1.35. The number of aliphatic hydroxyl groups is 4. The second-order valence-corrected chi connectivity index (χ2v) is 7.74. The van der Waals surface area contributed by atoms with Gasteiger partial charge >= 0.3 is 0 Å². The zero-order chi connectivity index (χ0) is 19.0. The fourth-order valence-corrected chi connectivity index (χ4v) is 4.40. The number of benzene rings is 2. The van der Waals surface area contributed by atoms with E-state index in [1.807, 2.05) is 18.2 Å². The molecule has 1 aliphatic carbocycles. The molecular formula is C22H26O5. The highest BCUT2D eigenvalue weighted by Crippen LogP contribution is 2.34. The van der Waals surface area contributed by atoms with Gasteiger partial charge in [-0.05, 0) is 47.4 Å². The lowest BCUT2D eigenvalue weighted by molar-refractivity contribution is -0.231. The van der Waals surface area contributed by atoms with Gasteiger partial charge in [-0.3, -0.25) is 0 Å². The van der Waals surface area contributed by atoms with Gasteiger partial charge in [0, 0.05) is 0 Å². The van der Waals surface area contributed by atoms with E-state index in [2.05, 4.69) is 30.3 Å². The van der Waals surface area contributed by atoms with Crippen molar-refractivity contribution in [3.8, 4) is 0 Å². The second-order valence-electron chi connectivity index (χ2n) is 7.74. The van der Waals surface area contributed by atoms with Crippen LogP contribution in [0.5, 0.6) is 0 Å². The number of fused-ring (bicyclic) bond motifs is 1. The summed E-state index contributed by atoms with van der Waals surface area (Å²) < 4.78 is 5.68. The summed E-state index contributed by atoms with van der Waals surface area (Å²) in [6.45, 7) is -0.415. The predicted octanol–water partition coefficient (Wildman–Crippen LogP) is 1.16. The Morgan fingerprint density at radius 2 is 1.56 bits per heavy atom. The van der Waals surface area contributed by atoms with Crippen molar-refractivity contribution in [3.63, 3.8) is 0 Å². The van der Waals surface area contributed by atoms with Gasteiger partial charge in [0.25, 0.3) is 0 Å². The van der Waals surface area contributed by atoms with Crippen molar-refractivity contribution in [3.05, 3.63) is 70.8 Å². The van der Waals surface area contributed by atoms with Gasteiger partial charge in [0.2, 0.25) is 0 Å². The number of hydrogen-bond acceptors (Lipinski definition) is 5. The molecule has 5 nitrogen and oxygen atoms in total. The minimum absolute atomic E-state index is 0.415. The fourth-order valence-electron chi connectivity index (χ4n) is 4.40. The quantitative estimate of drug-likeness (QED) is 0.649. The Kier molecular flexibility index (Phi) is 5.30. The molecular weight excluding hydrogens is 344 g/mol. The molecule has 2 aliphatic rings. The Hall–Kier alpha value is -1.76. The first-order chi connectivity index (χ1) is 13.1. The van der Waals surface area contributed by atoms with Crippen molar-refractivity contribution < 1.29 is 25.2 Å². The van der Waals surface area contributed by atoms with Crippen LogP contribution in [0.3, 0.4) is 0 Å². The van der Waals surface area contributed by atoms with Crippen molar-refractivity contribution in [2.45, 2.75) is 49.8 Å². The summed E-state index contributed by atoms with van der Waals surface area (Å²) in [5.41, 5.74) is 4.75. The molecule has 0 spiro atoms. The van der Waals surface area contributed by atoms with E-state index >= 15 is 0 Å². The fraction of sp³-hybridized carbons (Fsp3) is 0.455. The van der Waals surface area contributed by atoms with Crippen LogP contribution in [0, 0.1) is 5.92 Å². The largest absolute Gasteiger partial charge is 0.394 e. The van der Waals surface area contributed by atoms with Crippen molar-refractivity contribution >= 4 is 0 Å². The Balaban J connectivity index is 1.49. The molecule has 5 atom stereocenters. The van der Waals surface area contributed by atoms with Crippen LogP contribution in [-0.2, 0) is 24.0 Å². The predicted molar refractivity (Wildman–Crippen MR) is 100 cm³/mol. The highest BCUT2D eigenvalue weighted by Gasteiger charge is 2.43. The Morgan fingerprint density at radius 3 is 2.22 bits per heavy atom. The third-order valence-corrected chi connectivity index (χ3v) is 5.83. The molecule has 0 bridgehead atoms. The van der Waals surface area contributed by atoms with Crippen LogP contribution in [0.1, 0.15) is 28.4 Å². The summed E-state index contributed by atoms with van der Waals surface area (Å²) in [5, 5.41) is 39.7. The maximum atomic E-state index is 10.4. The van der Waals surface area contributed by atoms with Gasteiger partial charge in [0.15, 0.2) is 0 Å². The van der Waals surface area contributed by atoms with Crippen LogP contribution in [-0.4, -0.2) is 51.4 Å². The van der Waals surface area contributed by atoms with Crippen molar-refractivity contribution in [2.75, 3.05) is 6.61 Å². The molecule has 144 valence electrons. The molecule has 0 unspecified atom stereocenters. The highest BCUT2D eigenvalue weighted by atomic mass is 16.5. The Labute approximate surface area is 158 Å². The van der Waals surface area contributed by atoms with Gasteiger partial charge < -0.3 is 25.2 Å². The lowest BCUT2D eigenvalue weighted by Crippen LogP contribution is -2.55. The molecule has 2 aromatic rings. The molecule has 4 N–H and O–H groups in total. The summed E-state index contributed by atoms with van der Waals surface area (Å²) in [5.74, 6) is 0.549. The van der Waals surface area contributed by atoms with Gasteiger partial charge in [-0.25, -0.2) is 0 Å². The lowest BCUT2D eigenvalue weighted by Gasteiger charge is -2.40. The summed E-state index contributed by atoms with van der Waals surface area (Å²) in [6, 6.07) is 16.4. The van der Waals surface area contributed by atoms with E-state index in [4.69, 9.17) is 4.74 Å². The third kappa shape index (κ3) is 3.66. The molecule has 0 saturated carbocycles. The van der Waals surface area contributed by atoms with Crippen LogP contribution < -0.4 is 0 Å². The summed E-state index contributed by atoms with van der Waals surface area (Å²) in [4.78, 5) is 0. The van der Waals surface area contributed by atoms with Crippen molar-refractivity contribution in [1.82, 2.24) is 0 Å². The molecule has 1 saturated heterocycles. The average molecular weight is 370 g/mol. The van der Waals surface area contributed by atoms with Gasteiger partial charge in [-0.15, -0.1) is 0 Å². The molecule has 2 aromatic carbocycles. The SMILES string of the molecule is OC[C@H]1O[C@@H](c2cccc(CC3Cc4ccccc4C3)c2)[C@H](O)[C@@H](O)[C@@H]1O. The zero-order valence-electron chi connectivity index (χ0n) is 15.1. The molecule has 1 heterocycles. The summed E-state index contributed by atoms with van der Waals surface area (Å²) >= 11 is 0. The van der Waals surface area contributed by atoms with E-state index < -0.39 is 37.1 Å². The van der Waals surface area contributed by atoms with Crippen molar-refractivity contribution in [2.24, 2.45) is 5.92 Å². The molecule has 0 radical (unpaired) electrons. The van der Waals surface area contributed by atoms with Crippen LogP contribution in [0.25, 0.3) is 0 Å². The first-order valence-electron chi connectivity index (χ1n) is 9.53. The first-order valence-corrected chi connectivity index (χ1v) is 9.53. The number of rotatable bonds is 4. The van der Waals surface area contributed by atoms with Crippen LogP contribution >= 0.6 is 0 Å². The average Bonchev–Trinajstić information content (AvgIpc) is 3.09. The number of ether oxygens (including phenoxy) is 1. The molecule has 1 fully saturated rings. The van der Waals surface area contributed by atoms with E-state index in [9.17, 15) is 20.4 Å². The summed E-state index contributed by atoms with van der Waals surface area (Å²) in [6.07, 6.45) is -2.52. The van der Waals surface area contributed by atoms with Crippen LogP contribution in [0.15, 0.2) is 48.5 Å². The lowest BCUT2D eigenvalue weighted by atomic mass is 9.89. The normalized spacial score (nSPS) is 31.0. The van der Waals surface area contributed by atoms with E-state index in [0.29, 0.717) is 5.92 Å².